The van der Waals surface area contributed by atoms with Gasteiger partial charge in [0, 0.05) is 9.50 Å². The molecule has 0 fully saturated rings. The third kappa shape index (κ3) is 2.97. The zero-order valence-electron chi connectivity index (χ0n) is 10.7. The van der Waals surface area contributed by atoms with Crippen LogP contribution in [0.25, 0.3) is 10.2 Å². The van der Waals surface area contributed by atoms with E-state index in [1.807, 2.05) is 30.3 Å². The van der Waals surface area contributed by atoms with Gasteiger partial charge in [-0.2, -0.15) is 0 Å². The smallest absolute Gasteiger partial charge is 0.184 e. The van der Waals surface area contributed by atoms with E-state index in [0.29, 0.717) is 0 Å². The van der Waals surface area contributed by atoms with Gasteiger partial charge in [0.1, 0.15) is 0 Å². The molecule has 1 heterocycles. The van der Waals surface area contributed by atoms with E-state index in [2.05, 4.69) is 45.3 Å². The van der Waals surface area contributed by atoms with E-state index in [-0.39, 0.29) is 6.04 Å². The third-order valence-corrected chi connectivity index (χ3v) is 4.73. The number of benzene rings is 2. The number of aromatic nitrogens is 1. The van der Waals surface area contributed by atoms with Crippen molar-refractivity contribution in [2.75, 3.05) is 5.32 Å². The number of hydrogen-bond donors (Lipinski definition) is 1. The van der Waals surface area contributed by atoms with Gasteiger partial charge in [-0.05, 0) is 42.8 Å². The summed E-state index contributed by atoms with van der Waals surface area (Å²) in [4.78, 5) is 4.61. The number of halogens is 2. The number of nitrogens with one attached hydrogen (secondary N) is 1. The summed E-state index contributed by atoms with van der Waals surface area (Å²) in [5.41, 5.74) is 2.16. The fraction of sp³-hybridized carbons (Fsp3) is 0.133. The SMILES string of the molecule is CC(Nc1nc2cc(Br)ccc2s1)c1cccc(Cl)c1. The van der Waals surface area contributed by atoms with Gasteiger partial charge in [-0.3, -0.25) is 0 Å². The molecule has 2 aromatic carbocycles. The van der Waals surface area contributed by atoms with Crippen LogP contribution in [0.4, 0.5) is 5.13 Å². The standard InChI is InChI=1S/C15H12BrClN2S/c1-9(10-3-2-4-12(17)7-10)18-15-19-13-8-11(16)5-6-14(13)20-15/h2-9H,1H3,(H,18,19). The number of rotatable bonds is 3. The van der Waals surface area contributed by atoms with E-state index >= 15 is 0 Å². The highest BCUT2D eigenvalue weighted by atomic mass is 79.9. The van der Waals surface area contributed by atoms with Gasteiger partial charge < -0.3 is 5.32 Å². The van der Waals surface area contributed by atoms with Crippen LogP contribution in [0.1, 0.15) is 18.5 Å². The van der Waals surface area contributed by atoms with Gasteiger partial charge in [0.25, 0.3) is 0 Å². The largest absolute Gasteiger partial charge is 0.355 e. The minimum atomic E-state index is 0.165. The summed E-state index contributed by atoms with van der Waals surface area (Å²) in [5, 5.41) is 5.10. The molecule has 1 unspecified atom stereocenters. The molecule has 1 N–H and O–H groups in total. The summed E-state index contributed by atoms with van der Waals surface area (Å²) in [6.45, 7) is 2.10. The van der Waals surface area contributed by atoms with Gasteiger partial charge in [-0.25, -0.2) is 4.98 Å². The van der Waals surface area contributed by atoms with E-state index < -0.39 is 0 Å². The van der Waals surface area contributed by atoms with Crippen LogP contribution in [-0.4, -0.2) is 4.98 Å². The van der Waals surface area contributed by atoms with E-state index in [9.17, 15) is 0 Å². The summed E-state index contributed by atoms with van der Waals surface area (Å²) in [5.74, 6) is 0. The van der Waals surface area contributed by atoms with Crippen LogP contribution in [0.15, 0.2) is 46.9 Å². The lowest BCUT2D eigenvalue weighted by atomic mass is 10.1. The second-order valence-electron chi connectivity index (χ2n) is 4.55. The first-order chi connectivity index (χ1) is 9.61. The number of anilines is 1. The molecule has 3 aromatic rings. The molecule has 0 amide bonds. The Balaban J connectivity index is 1.85. The molecule has 0 aliphatic carbocycles. The van der Waals surface area contributed by atoms with Crippen LogP contribution < -0.4 is 5.32 Å². The van der Waals surface area contributed by atoms with Crippen LogP contribution >= 0.6 is 38.9 Å². The highest BCUT2D eigenvalue weighted by Crippen LogP contribution is 2.30. The van der Waals surface area contributed by atoms with Gasteiger partial charge in [-0.1, -0.05) is 51.0 Å². The predicted octanol–water partition coefficient (Wildman–Crippen LogP) is 5.89. The van der Waals surface area contributed by atoms with Crippen molar-refractivity contribution in [3.8, 4) is 0 Å². The lowest BCUT2D eigenvalue weighted by molar-refractivity contribution is 0.883. The third-order valence-electron chi connectivity index (χ3n) is 3.04. The average Bonchev–Trinajstić information content (AvgIpc) is 2.80. The zero-order valence-corrected chi connectivity index (χ0v) is 13.9. The Hall–Kier alpha value is -1.10. The fourth-order valence-corrected chi connectivity index (χ4v) is 3.49. The Bertz CT molecular complexity index is 756. The molecule has 102 valence electrons. The maximum Gasteiger partial charge on any atom is 0.184 e. The quantitative estimate of drug-likeness (QED) is 0.624. The number of fused-ring (bicyclic) bond motifs is 1. The number of thiazole rings is 1. The van der Waals surface area contributed by atoms with Gasteiger partial charge in [0.05, 0.1) is 16.3 Å². The van der Waals surface area contributed by atoms with Crippen molar-refractivity contribution in [1.82, 2.24) is 4.98 Å². The maximum atomic E-state index is 6.03. The van der Waals surface area contributed by atoms with E-state index in [0.717, 1.165) is 25.7 Å². The van der Waals surface area contributed by atoms with Crippen molar-refractivity contribution in [3.63, 3.8) is 0 Å². The Morgan fingerprint density at radius 3 is 2.90 bits per heavy atom. The van der Waals surface area contributed by atoms with Crippen molar-refractivity contribution in [3.05, 3.63) is 57.5 Å². The molecule has 0 saturated carbocycles. The highest BCUT2D eigenvalue weighted by molar-refractivity contribution is 9.10. The van der Waals surface area contributed by atoms with Crippen LogP contribution in [0.3, 0.4) is 0 Å². The second-order valence-corrected chi connectivity index (χ2v) is 6.93. The molecule has 0 spiro atoms. The molecule has 20 heavy (non-hydrogen) atoms. The first-order valence-corrected chi connectivity index (χ1v) is 8.18. The zero-order chi connectivity index (χ0) is 14.1. The van der Waals surface area contributed by atoms with Crippen LogP contribution in [0, 0.1) is 0 Å². The Labute approximate surface area is 134 Å². The van der Waals surface area contributed by atoms with Crippen molar-refractivity contribution >= 4 is 54.2 Å². The summed E-state index contributed by atoms with van der Waals surface area (Å²) in [6.07, 6.45) is 0. The monoisotopic (exact) mass is 366 g/mol. The van der Waals surface area contributed by atoms with Gasteiger partial charge in [-0.15, -0.1) is 0 Å². The molecule has 1 atom stereocenters. The molecule has 1 aromatic heterocycles. The molecule has 0 bridgehead atoms. The lowest BCUT2D eigenvalue weighted by Crippen LogP contribution is -2.05. The van der Waals surface area contributed by atoms with Crippen molar-refractivity contribution in [2.45, 2.75) is 13.0 Å². The first-order valence-electron chi connectivity index (χ1n) is 6.20. The molecular weight excluding hydrogens is 356 g/mol. The molecule has 0 aliphatic heterocycles. The minimum absolute atomic E-state index is 0.165. The van der Waals surface area contributed by atoms with E-state index in [1.54, 1.807) is 11.3 Å². The molecular formula is C15H12BrClN2S. The van der Waals surface area contributed by atoms with Crippen molar-refractivity contribution < 1.29 is 0 Å². The topological polar surface area (TPSA) is 24.9 Å². The summed E-state index contributed by atoms with van der Waals surface area (Å²) in [6, 6.07) is 14.2. The van der Waals surface area contributed by atoms with E-state index in [4.69, 9.17) is 11.6 Å². The molecule has 2 nitrogen and oxygen atoms in total. The second kappa shape index (κ2) is 5.72. The number of nitrogens with zero attached hydrogens (tertiary/aromatic N) is 1. The Morgan fingerprint density at radius 2 is 2.10 bits per heavy atom. The first kappa shape index (κ1) is 13.9. The highest BCUT2D eigenvalue weighted by Gasteiger charge is 2.09. The molecule has 0 radical (unpaired) electrons. The lowest BCUT2D eigenvalue weighted by Gasteiger charge is -2.13. The molecule has 3 rings (SSSR count). The molecule has 0 aliphatic rings. The Morgan fingerprint density at radius 1 is 1.25 bits per heavy atom. The predicted molar refractivity (Wildman–Crippen MR) is 90.8 cm³/mol. The normalized spacial score (nSPS) is 12.6. The van der Waals surface area contributed by atoms with Gasteiger partial charge in [0.2, 0.25) is 0 Å². The number of hydrogen-bond acceptors (Lipinski definition) is 3. The molecule has 5 heteroatoms. The van der Waals surface area contributed by atoms with Gasteiger partial charge in [0.15, 0.2) is 5.13 Å². The van der Waals surface area contributed by atoms with E-state index in [1.165, 1.54) is 4.70 Å². The Kier molecular flexibility index (Phi) is 3.96. The average molecular weight is 368 g/mol. The summed E-state index contributed by atoms with van der Waals surface area (Å²) < 4.78 is 2.22. The maximum absolute atomic E-state index is 6.03. The fourth-order valence-electron chi connectivity index (χ4n) is 2.01. The van der Waals surface area contributed by atoms with Crippen LogP contribution in [0.5, 0.6) is 0 Å². The van der Waals surface area contributed by atoms with Crippen molar-refractivity contribution in [1.29, 1.82) is 0 Å². The minimum Gasteiger partial charge on any atom is -0.355 e. The van der Waals surface area contributed by atoms with Crippen LogP contribution in [0.2, 0.25) is 5.02 Å². The van der Waals surface area contributed by atoms with Crippen molar-refractivity contribution in [2.24, 2.45) is 0 Å². The summed E-state index contributed by atoms with van der Waals surface area (Å²) in [7, 11) is 0. The van der Waals surface area contributed by atoms with Gasteiger partial charge >= 0.3 is 0 Å². The molecule has 0 saturated heterocycles. The van der Waals surface area contributed by atoms with Crippen LogP contribution in [-0.2, 0) is 0 Å². The summed E-state index contributed by atoms with van der Waals surface area (Å²) >= 11 is 11.2.